The predicted octanol–water partition coefficient (Wildman–Crippen LogP) is 6.24. The molecule has 0 saturated carbocycles. The largest absolute Gasteiger partial charge is 0.497 e. The van der Waals surface area contributed by atoms with Crippen molar-refractivity contribution in [1.82, 2.24) is 9.97 Å². The normalized spacial score (nSPS) is 10.5. The number of aryl methyl sites for hydroxylation is 2. The number of aromatic nitrogens is 2. The van der Waals surface area contributed by atoms with Crippen LogP contribution in [-0.2, 0) is 11.2 Å². The summed E-state index contributed by atoms with van der Waals surface area (Å²) in [7, 11) is 1.64. The van der Waals surface area contributed by atoms with E-state index in [1.165, 1.54) is 5.56 Å². The molecular weight excluding hydrogens is 438 g/mol. The van der Waals surface area contributed by atoms with Crippen LogP contribution in [0.5, 0.6) is 5.75 Å². The average molecular weight is 468 g/mol. The van der Waals surface area contributed by atoms with E-state index in [0.717, 1.165) is 41.3 Å². The summed E-state index contributed by atoms with van der Waals surface area (Å²) in [6.45, 7) is 1.92. The lowest BCUT2D eigenvalue weighted by atomic mass is 10.1. The number of carbonyl (C=O) groups is 1. The highest BCUT2D eigenvalue weighted by Gasteiger charge is 2.06. The molecule has 0 aliphatic rings. The van der Waals surface area contributed by atoms with Gasteiger partial charge in [-0.05, 0) is 73.9 Å². The summed E-state index contributed by atoms with van der Waals surface area (Å²) in [4.78, 5) is 21.3. The zero-order valence-corrected chi connectivity index (χ0v) is 19.9. The van der Waals surface area contributed by atoms with E-state index in [1.807, 2.05) is 79.7 Å². The number of hydrogen-bond donors (Lipinski definition) is 3. The van der Waals surface area contributed by atoms with Crippen molar-refractivity contribution in [3.63, 3.8) is 0 Å². The number of anilines is 5. The Morgan fingerprint density at radius 1 is 0.829 bits per heavy atom. The monoisotopic (exact) mass is 467 g/mol. The molecular formula is C28H29N5O2. The van der Waals surface area contributed by atoms with Crippen LogP contribution in [0.25, 0.3) is 0 Å². The van der Waals surface area contributed by atoms with Gasteiger partial charge < -0.3 is 20.7 Å². The van der Waals surface area contributed by atoms with Crippen LogP contribution in [0.4, 0.5) is 28.8 Å². The predicted molar refractivity (Wildman–Crippen MR) is 141 cm³/mol. The Morgan fingerprint density at radius 2 is 1.49 bits per heavy atom. The van der Waals surface area contributed by atoms with Crippen LogP contribution in [0.1, 0.15) is 24.1 Å². The first-order chi connectivity index (χ1) is 17.1. The molecule has 0 fully saturated rings. The third-order valence-electron chi connectivity index (χ3n) is 5.35. The number of hydrogen-bond acceptors (Lipinski definition) is 6. The standard InChI is InChI=1S/C28H29N5O2/c1-20-19-26(30-22-15-17-25(35-2)18-16-22)33-28(29-20)32-24-13-11-23(12-14-24)31-27(34)10-6-9-21-7-4-3-5-8-21/h3-5,7-8,11-19H,6,9-10H2,1-2H3,(H,31,34)(H2,29,30,32,33). The summed E-state index contributed by atoms with van der Waals surface area (Å²) in [5.41, 5.74) is 4.56. The molecule has 0 aliphatic carbocycles. The van der Waals surface area contributed by atoms with E-state index in [1.54, 1.807) is 7.11 Å². The van der Waals surface area contributed by atoms with E-state index in [9.17, 15) is 4.79 Å². The van der Waals surface area contributed by atoms with E-state index < -0.39 is 0 Å². The van der Waals surface area contributed by atoms with E-state index in [4.69, 9.17) is 4.74 Å². The molecule has 1 heterocycles. The maximum absolute atomic E-state index is 12.3. The number of rotatable bonds is 10. The SMILES string of the molecule is COc1ccc(Nc2cc(C)nc(Nc3ccc(NC(=O)CCCc4ccccc4)cc3)n2)cc1. The molecule has 0 aliphatic heterocycles. The minimum Gasteiger partial charge on any atom is -0.497 e. The summed E-state index contributed by atoms with van der Waals surface area (Å²) >= 11 is 0. The molecule has 7 heteroatoms. The highest BCUT2D eigenvalue weighted by molar-refractivity contribution is 5.90. The topological polar surface area (TPSA) is 88.2 Å². The molecule has 178 valence electrons. The maximum Gasteiger partial charge on any atom is 0.229 e. The number of carbonyl (C=O) groups excluding carboxylic acids is 1. The van der Waals surface area contributed by atoms with Crippen molar-refractivity contribution in [3.05, 3.63) is 96.2 Å². The van der Waals surface area contributed by atoms with Gasteiger partial charge in [0.1, 0.15) is 11.6 Å². The fourth-order valence-electron chi connectivity index (χ4n) is 3.60. The molecule has 3 aromatic carbocycles. The van der Waals surface area contributed by atoms with Gasteiger partial charge in [-0.2, -0.15) is 4.98 Å². The third-order valence-corrected chi connectivity index (χ3v) is 5.35. The van der Waals surface area contributed by atoms with Gasteiger partial charge in [0, 0.05) is 35.2 Å². The number of amides is 1. The van der Waals surface area contributed by atoms with Crippen molar-refractivity contribution in [2.24, 2.45) is 0 Å². The molecule has 0 bridgehead atoms. The van der Waals surface area contributed by atoms with E-state index in [0.29, 0.717) is 18.2 Å². The van der Waals surface area contributed by atoms with Gasteiger partial charge in [0.25, 0.3) is 0 Å². The zero-order valence-electron chi connectivity index (χ0n) is 19.9. The molecule has 3 N–H and O–H groups in total. The molecule has 0 unspecified atom stereocenters. The molecule has 0 radical (unpaired) electrons. The van der Waals surface area contributed by atoms with Crippen LogP contribution in [0.2, 0.25) is 0 Å². The second kappa shape index (κ2) is 11.7. The number of ether oxygens (including phenoxy) is 1. The number of nitrogens with zero attached hydrogens (tertiary/aromatic N) is 2. The van der Waals surface area contributed by atoms with Gasteiger partial charge >= 0.3 is 0 Å². The van der Waals surface area contributed by atoms with E-state index in [2.05, 4.69) is 38.1 Å². The molecule has 4 rings (SSSR count). The molecule has 35 heavy (non-hydrogen) atoms. The molecule has 1 aromatic heterocycles. The summed E-state index contributed by atoms with van der Waals surface area (Å²) in [6.07, 6.45) is 2.19. The Labute approximate surface area is 205 Å². The first kappa shape index (κ1) is 23.8. The fourth-order valence-corrected chi connectivity index (χ4v) is 3.60. The number of methoxy groups -OCH3 is 1. The first-order valence-electron chi connectivity index (χ1n) is 11.5. The third kappa shape index (κ3) is 7.30. The van der Waals surface area contributed by atoms with Crippen molar-refractivity contribution in [2.45, 2.75) is 26.2 Å². The summed E-state index contributed by atoms with van der Waals surface area (Å²) in [5, 5.41) is 9.47. The van der Waals surface area contributed by atoms with Crippen molar-refractivity contribution >= 4 is 34.7 Å². The van der Waals surface area contributed by atoms with Gasteiger partial charge in [-0.25, -0.2) is 4.98 Å². The Balaban J connectivity index is 1.31. The molecule has 0 spiro atoms. The molecule has 1 amide bonds. The molecule has 0 atom stereocenters. The maximum atomic E-state index is 12.3. The first-order valence-corrected chi connectivity index (χ1v) is 11.5. The quantitative estimate of drug-likeness (QED) is 0.256. The van der Waals surface area contributed by atoms with Crippen molar-refractivity contribution in [3.8, 4) is 5.75 Å². The summed E-state index contributed by atoms with van der Waals surface area (Å²) < 4.78 is 5.20. The van der Waals surface area contributed by atoms with Gasteiger partial charge in [0.05, 0.1) is 7.11 Å². The Bertz CT molecular complexity index is 1240. The van der Waals surface area contributed by atoms with E-state index >= 15 is 0 Å². The van der Waals surface area contributed by atoms with Crippen molar-refractivity contribution in [1.29, 1.82) is 0 Å². The smallest absolute Gasteiger partial charge is 0.229 e. The Kier molecular flexibility index (Phi) is 7.91. The van der Waals surface area contributed by atoms with Gasteiger partial charge in [0.2, 0.25) is 11.9 Å². The summed E-state index contributed by atoms with van der Waals surface area (Å²) in [6, 6.07) is 27.2. The van der Waals surface area contributed by atoms with Crippen LogP contribution in [-0.4, -0.2) is 23.0 Å². The summed E-state index contributed by atoms with van der Waals surface area (Å²) in [5.74, 6) is 1.98. The Morgan fingerprint density at radius 3 is 2.20 bits per heavy atom. The molecule has 7 nitrogen and oxygen atoms in total. The highest BCUT2D eigenvalue weighted by Crippen LogP contribution is 2.22. The van der Waals surface area contributed by atoms with Crippen LogP contribution in [0.3, 0.4) is 0 Å². The lowest BCUT2D eigenvalue weighted by Gasteiger charge is -2.11. The van der Waals surface area contributed by atoms with Gasteiger partial charge in [-0.15, -0.1) is 0 Å². The minimum atomic E-state index is 0.0119. The highest BCUT2D eigenvalue weighted by atomic mass is 16.5. The average Bonchev–Trinajstić information content (AvgIpc) is 2.86. The van der Waals surface area contributed by atoms with Crippen LogP contribution >= 0.6 is 0 Å². The van der Waals surface area contributed by atoms with Crippen LogP contribution in [0.15, 0.2) is 84.9 Å². The van der Waals surface area contributed by atoms with Gasteiger partial charge in [-0.1, -0.05) is 30.3 Å². The molecule has 0 saturated heterocycles. The van der Waals surface area contributed by atoms with Crippen LogP contribution < -0.4 is 20.7 Å². The lowest BCUT2D eigenvalue weighted by Crippen LogP contribution is -2.11. The lowest BCUT2D eigenvalue weighted by molar-refractivity contribution is -0.116. The van der Waals surface area contributed by atoms with Crippen molar-refractivity contribution in [2.75, 3.05) is 23.1 Å². The van der Waals surface area contributed by atoms with Gasteiger partial charge in [-0.3, -0.25) is 4.79 Å². The number of nitrogens with one attached hydrogen (secondary N) is 3. The number of benzene rings is 3. The minimum absolute atomic E-state index is 0.0119. The fraction of sp³-hybridized carbons (Fsp3) is 0.179. The second-order valence-electron chi connectivity index (χ2n) is 8.16. The second-order valence-corrected chi connectivity index (χ2v) is 8.16. The van der Waals surface area contributed by atoms with E-state index in [-0.39, 0.29) is 5.91 Å². The molecule has 4 aromatic rings. The van der Waals surface area contributed by atoms with Crippen molar-refractivity contribution < 1.29 is 9.53 Å². The zero-order chi connectivity index (χ0) is 24.5. The Hall–Kier alpha value is -4.39. The van der Waals surface area contributed by atoms with Gasteiger partial charge in [0.15, 0.2) is 0 Å². The van der Waals surface area contributed by atoms with Crippen LogP contribution in [0, 0.1) is 6.92 Å².